The van der Waals surface area contributed by atoms with E-state index in [-0.39, 0.29) is 5.78 Å². The van der Waals surface area contributed by atoms with E-state index >= 15 is 0 Å². The third-order valence-corrected chi connectivity index (χ3v) is 3.57. The number of benzene rings is 2. The molecule has 1 N–H and O–H groups in total. The summed E-state index contributed by atoms with van der Waals surface area (Å²) in [5.41, 5.74) is 1.82. The number of aromatic nitrogens is 1. The molecule has 0 bridgehead atoms. The first-order chi connectivity index (χ1) is 11.1. The molecule has 2 aromatic carbocycles. The van der Waals surface area contributed by atoms with E-state index in [2.05, 4.69) is 4.98 Å². The van der Waals surface area contributed by atoms with Gasteiger partial charge in [-0.05, 0) is 42.0 Å². The lowest BCUT2D eigenvalue weighted by atomic mass is 9.98. The summed E-state index contributed by atoms with van der Waals surface area (Å²) in [4.78, 5) is 15.5. The van der Waals surface area contributed by atoms with Gasteiger partial charge < -0.3 is 9.72 Å². The Morgan fingerprint density at radius 1 is 1.00 bits per heavy atom. The van der Waals surface area contributed by atoms with E-state index in [0.29, 0.717) is 28.0 Å². The summed E-state index contributed by atoms with van der Waals surface area (Å²) in [6, 6.07) is 10.2. The molecule has 3 nitrogen and oxygen atoms in total. The van der Waals surface area contributed by atoms with E-state index < -0.39 is 11.6 Å². The number of nitrogens with one attached hydrogen (secondary N) is 1. The van der Waals surface area contributed by atoms with Crippen LogP contribution in [0.3, 0.4) is 0 Å². The number of H-pyrrole nitrogens is 1. The van der Waals surface area contributed by atoms with Crippen LogP contribution in [0.15, 0.2) is 54.9 Å². The maximum Gasteiger partial charge on any atom is 0.195 e. The molecule has 3 rings (SSSR count). The third-order valence-electron chi connectivity index (χ3n) is 3.57. The van der Waals surface area contributed by atoms with Gasteiger partial charge in [-0.15, -0.1) is 0 Å². The number of hydrogen-bond acceptors (Lipinski definition) is 2. The molecule has 0 aliphatic carbocycles. The van der Waals surface area contributed by atoms with E-state index in [9.17, 15) is 13.6 Å². The van der Waals surface area contributed by atoms with Crippen LogP contribution in [-0.2, 0) is 0 Å². The van der Waals surface area contributed by atoms with Gasteiger partial charge in [-0.3, -0.25) is 4.79 Å². The average Bonchev–Trinajstić information content (AvgIpc) is 3.06. The lowest BCUT2D eigenvalue weighted by Gasteiger charge is -2.05. The highest BCUT2D eigenvalue weighted by Gasteiger charge is 2.17. The standard InChI is InChI=1S/C18H13F2NO2/c1-23-13-5-2-11(3-6-13)18(22)15-10-21-9-14(15)12-4-7-16(19)17(20)8-12/h2-10,21H,1H3. The number of rotatable bonds is 4. The largest absolute Gasteiger partial charge is 0.497 e. The minimum Gasteiger partial charge on any atom is -0.497 e. The number of carbonyl (C=O) groups is 1. The van der Waals surface area contributed by atoms with E-state index in [1.807, 2.05) is 0 Å². The molecule has 1 heterocycles. The predicted molar refractivity (Wildman–Crippen MR) is 82.6 cm³/mol. The zero-order valence-corrected chi connectivity index (χ0v) is 12.3. The molecular weight excluding hydrogens is 300 g/mol. The fourth-order valence-corrected chi connectivity index (χ4v) is 2.35. The quantitative estimate of drug-likeness (QED) is 0.734. The van der Waals surface area contributed by atoms with Gasteiger partial charge in [-0.25, -0.2) is 8.78 Å². The normalized spacial score (nSPS) is 10.6. The van der Waals surface area contributed by atoms with Crippen molar-refractivity contribution in [3.63, 3.8) is 0 Å². The van der Waals surface area contributed by atoms with Crippen LogP contribution in [0.5, 0.6) is 5.75 Å². The molecule has 116 valence electrons. The molecule has 0 radical (unpaired) electrons. The first kappa shape index (κ1) is 15.0. The first-order valence-electron chi connectivity index (χ1n) is 6.91. The molecule has 0 atom stereocenters. The summed E-state index contributed by atoms with van der Waals surface area (Å²) in [5.74, 6) is -1.44. The number of ether oxygens (including phenoxy) is 1. The first-order valence-corrected chi connectivity index (χ1v) is 6.91. The Morgan fingerprint density at radius 2 is 1.74 bits per heavy atom. The lowest BCUT2D eigenvalue weighted by molar-refractivity contribution is 0.103. The van der Waals surface area contributed by atoms with Gasteiger partial charge in [0.2, 0.25) is 0 Å². The van der Waals surface area contributed by atoms with Crippen LogP contribution >= 0.6 is 0 Å². The van der Waals surface area contributed by atoms with Gasteiger partial charge in [-0.1, -0.05) is 6.07 Å². The molecule has 0 fully saturated rings. The summed E-state index contributed by atoms with van der Waals surface area (Å²) in [5, 5.41) is 0. The van der Waals surface area contributed by atoms with Crippen molar-refractivity contribution in [2.75, 3.05) is 7.11 Å². The maximum absolute atomic E-state index is 13.4. The van der Waals surface area contributed by atoms with Crippen LogP contribution < -0.4 is 4.74 Å². The van der Waals surface area contributed by atoms with E-state index in [1.54, 1.807) is 43.8 Å². The van der Waals surface area contributed by atoms with Crippen LogP contribution in [0.25, 0.3) is 11.1 Å². The predicted octanol–water partition coefficient (Wildman–Crippen LogP) is 4.20. The van der Waals surface area contributed by atoms with Gasteiger partial charge >= 0.3 is 0 Å². The van der Waals surface area contributed by atoms with Gasteiger partial charge in [0, 0.05) is 29.1 Å². The van der Waals surface area contributed by atoms with Gasteiger partial charge in [-0.2, -0.15) is 0 Å². The lowest BCUT2D eigenvalue weighted by Crippen LogP contribution is -2.01. The molecule has 0 saturated heterocycles. The SMILES string of the molecule is COc1ccc(C(=O)c2c[nH]cc2-c2ccc(F)c(F)c2)cc1. The van der Waals surface area contributed by atoms with Crippen molar-refractivity contribution in [3.05, 3.63) is 77.6 Å². The van der Waals surface area contributed by atoms with Gasteiger partial charge in [0.05, 0.1) is 7.11 Å². The summed E-state index contributed by atoms with van der Waals surface area (Å²) in [6.45, 7) is 0. The van der Waals surface area contributed by atoms with Crippen molar-refractivity contribution in [2.24, 2.45) is 0 Å². The Morgan fingerprint density at radius 3 is 2.39 bits per heavy atom. The van der Waals surface area contributed by atoms with Crippen molar-refractivity contribution in [1.82, 2.24) is 4.98 Å². The third kappa shape index (κ3) is 2.85. The van der Waals surface area contributed by atoms with Gasteiger partial charge in [0.1, 0.15) is 5.75 Å². The van der Waals surface area contributed by atoms with Crippen LogP contribution in [0.2, 0.25) is 0 Å². The molecule has 0 spiro atoms. The molecule has 0 amide bonds. The summed E-state index contributed by atoms with van der Waals surface area (Å²) in [6.07, 6.45) is 3.13. The number of hydrogen-bond donors (Lipinski definition) is 1. The van der Waals surface area contributed by atoms with Gasteiger partial charge in [0.15, 0.2) is 17.4 Å². The van der Waals surface area contributed by atoms with Crippen LogP contribution in [0, 0.1) is 11.6 Å². The summed E-state index contributed by atoms with van der Waals surface area (Å²) >= 11 is 0. The molecule has 23 heavy (non-hydrogen) atoms. The zero-order chi connectivity index (χ0) is 16.4. The Balaban J connectivity index is 1.99. The topological polar surface area (TPSA) is 42.1 Å². The van der Waals surface area contributed by atoms with E-state index in [1.165, 1.54) is 6.07 Å². The minimum atomic E-state index is -0.952. The van der Waals surface area contributed by atoms with E-state index in [4.69, 9.17) is 4.74 Å². The Labute approximate surface area is 131 Å². The second kappa shape index (κ2) is 6.04. The highest BCUT2D eigenvalue weighted by Crippen LogP contribution is 2.27. The molecule has 3 aromatic rings. The van der Waals surface area contributed by atoms with Crippen LogP contribution in [0.1, 0.15) is 15.9 Å². The summed E-state index contributed by atoms with van der Waals surface area (Å²) < 4.78 is 31.6. The van der Waals surface area contributed by atoms with Crippen molar-refractivity contribution < 1.29 is 18.3 Å². The smallest absolute Gasteiger partial charge is 0.195 e. The Kier molecular flexibility index (Phi) is 3.93. The second-order valence-electron chi connectivity index (χ2n) is 4.97. The highest BCUT2D eigenvalue weighted by molar-refractivity contribution is 6.12. The van der Waals surface area contributed by atoms with Crippen molar-refractivity contribution >= 4 is 5.78 Å². The zero-order valence-electron chi connectivity index (χ0n) is 12.3. The number of halogens is 2. The Bertz CT molecular complexity index is 854. The minimum absolute atomic E-state index is 0.214. The molecule has 5 heteroatoms. The molecule has 0 aliphatic rings. The average molecular weight is 313 g/mol. The van der Waals surface area contributed by atoms with Gasteiger partial charge in [0.25, 0.3) is 0 Å². The highest BCUT2D eigenvalue weighted by atomic mass is 19.2. The van der Waals surface area contributed by atoms with E-state index in [0.717, 1.165) is 12.1 Å². The van der Waals surface area contributed by atoms with Crippen molar-refractivity contribution in [1.29, 1.82) is 0 Å². The molecule has 1 aromatic heterocycles. The van der Waals surface area contributed by atoms with Crippen LogP contribution in [-0.4, -0.2) is 17.9 Å². The molecular formula is C18H13F2NO2. The number of ketones is 1. The van der Waals surface area contributed by atoms with Crippen LogP contribution in [0.4, 0.5) is 8.78 Å². The molecule has 0 saturated carbocycles. The second-order valence-corrected chi connectivity index (χ2v) is 4.97. The molecule has 0 unspecified atom stereocenters. The number of methoxy groups -OCH3 is 1. The van der Waals surface area contributed by atoms with Crippen molar-refractivity contribution in [2.45, 2.75) is 0 Å². The fraction of sp³-hybridized carbons (Fsp3) is 0.0556. The summed E-state index contributed by atoms with van der Waals surface area (Å²) in [7, 11) is 1.55. The van der Waals surface area contributed by atoms with Crippen molar-refractivity contribution in [3.8, 4) is 16.9 Å². The monoisotopic (exact) mass is 313 g/mol. The maximum atomic E-state index is 13.4. The number of carbonyl (C=O) groups excluding carboxylic acids is 1. The number of aromatic amines is 1. The Hall–Kier alpha value is -2.95. The molecule has 0 aliphatic heterocycles. The fourth-order valence-electron chi connectivity index (χ4n) is 2.35.